The van der Waals surface area contributed by atoms with Gasteiger partial charge in [-0.15, -0.1) is 0 Å². The first-order chi connectivity index (χ1) is 16.3. The van der Waals surface area contributed by atoms with Gasteiger partial charge in [0.15, 0.2) is 21.4 Å². The molecule has 6 nitrogen and oxygen atoms in total. The highest BCUT2D eigenvalue weighted by Gasteiger charge is 2.63. The van der Waals surface area contributed by atoms with Gasteiger partial charge in [-0.1, -0.05) is 0 Å². The molecule has 35 heavy (non-hydrogen) atoms. The molecule has 2 heterocycles. The van der Waals surface area contributed by atoms with Gasteiger partial charge in [-0.3, -0.25) is 0 Å². The summed E-state index contributed by atoms with van der Waals surface area (Å²) in [6.45, 7) is -0.323. The Morgan fingerprint density at radius 3 is 2.31 bits per heavy atom. The monoisotopic (exact) mass is 537 g/mol. The first kappa shape index (κ1) is 24.4. The molecule has 0 bridgehead atoms. The van der Waals surface area contributed by atoms with Crippen LogP contribution >= 0.6 is 0 Å². The SMILES string of the molecule is O=S1(=O)CCC2[C@@H](CC[C@@]3(S(=O)(=O)c4ccc(C(F)(F)F)cc4)c4c(F)ccc(F)c4OC[C@@H]23)N1. The van der Waals surface area contributed by atoms with Crippen LogP contribution in [0.15, 0.2) is 41.3 Å². The minimum Gasteiger partial charge on any atom is -0.490 e. The molecule has 2 fully saturated rings. The molecule has 2 aromatic rings. The minimum absolute atomic E-state index is 0.00958. The predicted molar refractivity (Wildman–Crippen MR) is 114 cm³/mol. The van der Waals surface area contributed by atoms with E-state index in [0.717, 1.165) is 24.3 Å². The molecule has 0 spiro atoms. The molecule has 0 aromatic heterocycles. The summed E-state index contributed by atoms with van der Waals surface area (Å²) in [4.78, 5) is -0.471. The maximum absolute atomic E-state index is 15.3. The number of halogens is 5. The fraction of sp³-hybridized carbons (Fsp3) is 0.455. The maximum Gasteiger partial charge on any atom is 0.416 e. The second-order valence-electron chi connectivity index (χ2n) is 9.10. The normalized spacial score (nSPS) is 29.9. The lowest BCUT2D eigenvalue weighted by molar-refractivity contribution is -0.137. The molecule has 5 rings (SSSR count). The van der Waals surface area contributed by atoms with Crippen molar-refractivity contribution >= 4 is 19.9 Å². The second kappa shape index (κ2) is 7.87. The van der Waals surface area contributed by atoms with Crippen LogP contribution in [0.1, 0.15) is 30.4 Å². The van der Waals surface area contributed by atoms with Crippen molar-refractivity contribution in [3.63, 3.8) is 0 Å². The fourth-order valence-corrected chi connectivity index (χ4v) is 9.69. The van der Waals surface area contributed by atoms with Crippen LogP contribution < -0.4 is 9.46 Å². The quantitative estimate of drug-likeness (QED) is 0.590. The smallest absolute Gasteiger partial charge is 0.416 e. The zero-order valence-corrected chi connectivity index (χ0v) is 19.6. The van der Waals surface area contributed by atoms with Crippen LogP contribution in [0.2, 0.25) is 0 Å². The third-order valence-electron chi connectivity index (χ3n) is 7.37. The van der Waals surface area contributed by atoms with Gasteiger partial charge in [0.2, 0.25) is 10.0 Å². The van der Waals surface area contributed by atoms with Crippen molar-refractivity contribution < 1.29 is 43.5 Å². The van der Waals surface area contributed by atoms with Gasteiger partial charge in [0.1, 0.15) is 10.6 Å². The number of sulfonamides is 1. The zero-order chi connectivity index (χ0) is 25.4. The van der Waals surface area contributed by atoms with Crippen molar-refractivity contribution in [2.24, 2.45) is 11.8 Å². The number of ether oxygens (including phenoxy) is 1. The highest BCUT2D eigenvalue weighted by Crippen LogP contribution is 2.59. The summed E-state index contributed by atoms with van der Waals surface area (Å²) < 4.78 is 128. The number of sulfone groups is 1. The van der Waals surface area contributed by atoms with Gasteiger partial charge in [-0.25, -0.2) is 30.3 Å². The van der Waals surface area contributed by atoms with Crippen LogP contribution in [0, 0.1) is 23.5 Å². The molecule has 1 saturated carbocycles. The predicted octanol–water partition coefficient (Wildman–Crippen LogP) is 3.76. The van der Waals surface area contributed by atoms with E-state index in [9.17, 15) is 34.4 Å². The molecule has 2 aliphatic heterocycles. The van der Waals surface area contributed by atoms with Gasteiger partial charge in [0, 0.05) is 12.0 Å². The van der Waals surface area contributed by atoms with Gasteiger partial charge in [0.25, 0.3) is 0 Å². The van der Waals surface area contributed by atoms with E-state index in [2.05, 4.69) is 4.72 Å². The van der Waals surface area contributed by atoms with Crippen molar-refractivity contribution in [1.82, 2.24) is 4.72 Å². The maximum atomic E-state index is 15.3. The highest BCUT2D eigenvalue weighted by atomic mass is 32.2. The average Bonchev–Trinajstić information content (AvgIpc) is 2.79. The number of nitrogens with one attached hydrogen (secondary N) is 1. The molecule has 1 N–H and O–H groups in total. The van der Waals surface area contributed by atoms with Crippen LogP contribution in [-0.2, 0) is 30.8 Å². The van der Waals surface area contributed by atoms with E-state index >= 15 is 4.39 Å². The van der Waals surface area contributed by atoms with Gasteiger partial charge in [0.05, 0.1) is 28.4 Å². The topological polar surface area (TPSA) is 89.5 Å². The first-order valence-electron chi connectivity index (χ1n) is 10.8. The molecule has 1 unspecified atom stereocenters. The Morgan fingerprint density at radius 1 is 1.00 bits per heavy atom. The van der Waals surface area contributed by atoms with E-state index in [-0.39, 0.29) is 31.6 Å². The summed E-state index contributed by atoms with van der Waals surface area (Å²) >= 11 is 0. The van der Waals surface area contributed by atoms with E-state index in [1.165, 1.54) is 0 Å². The highest BCUT2D eigenvalue weighted by molar-refractivity contribution is 7.92. The van der Waals surface area contributed by atoms with Crippen molar-refractivity contribution in [1.29, 1.82) is 0 Å². The lowest BCUT2D eigenvalue weighted by Gasteiger charge is -2.54. The van der Waals surface area contributed by atoms with E-state index in [1.807, 2.05) is 0 Å². The Bertz CT molecular complexity index is 1390. The summed E-state index contributed by atoms with van der Waals surface area (Å²) in [6, 6.07) is 3.85. The zero-order valence-electron chi connectivity index (χ0n) is 18.0. The molecular weight excluding hydrogens is 517 g/mol. The summed E-state index contributed by atoms with van der Waals surface area (Å²) in [7, 11) is -8.18. The molecule has 0 amide bonds. The third-order valence-corrected chi connectivity index (χ3v) is 11.4. The molecule has 190 valence electrons. The molecule has 1 aliphatic carbocycles. The molecule has 2 aromatic carbocycles. The number of fused-ring (bicyclic) bond motifs is 5. The number of hydrogen-bond donors (Lipinski definition) is 1. The van der Waals surface area contributed by atoms with Gasteiger partial charge < -0.3 is 4.74 Å². The number of alkyl halides is 3. The van der Waals surface area contributed by atoms with E-state index < -0.39 is 82.1 Å². The van der Waals surface area contributed by atoms with Gasteiger partial charge in [-0.2, -0.15) is 13.2 Å². The van der Waals surface area contributed by atoms with E-state index in [1.54, 1.807) is 0 Å². The van der Waals surface area contributed by atoms with Gasteiger partial charge >= 0.3 is 6.18 Å². The standard InChI is InChI=1S/C22H20F5NO5S2/c23-16-5-6-17(24)20-19(16)21(35(31,32)13-3-1-12(2-4-13)22(25,26)27)9-7-18-14(15(21)11-33-20)8-10-34(29,30)28-18/h1-6,14-15,18,28H,7-11H2/t14?,15-,18+,21-/m0/s1. The summed E-state index contributed by atoms with van der Waals surface area (Å²) in [6.07, 6.45) is -4.89. The van der Waals surface area contributed by atoms with E-state index in [0.29, 0.717) is 12.1 Å². The van der Waals surface area contributed by atoms with Crippen molar-refractivity contribution in [2.45, 2.75) is 41.1 Å². The van der Waals surface area contributed by atoms with Crippen LogP contribution in [0.5, 0.6) is 5.75 Å². The third kappa shape index (κ3) is 3.65. The van der Waals surface area contributed by atoms with Crippen LogP contribution in [-0.4, -0.2) is 35.2 Å². The van der Waals surface area contributed by atoms with Crippen molar-refractivity contribution in [2.75, 3.05) is 12.4 Å². The Balaban J connectivity index is 1.72. The molecule has 3 aliphatic rings. The summed E-state index contributed by atoms with van der Waals surface area (Å²) in [5.74, 6) is -4.36. The Kier molecular flexibility index (Phi) is 5.50. The van der Waals surface area contributed by atoms with E-state index in [4.69, 9.17) is 4.74 Å². The molecule has 13 heteroatoms. The Morgan fingerprint density at radius 2 is 1.66 bits per heavy atom. The Labute approximate surface area is 198 Å². The first-order valence-corrected chi connectivity index (χ1v) is 13.9. The number of benzene rings is 2. The van der Waals surface area contributed by atoms with Crippen molar-refractivity contribution in [3.05, 3.63) is 59.2 Å². The average molecular weight is 538 g/mol. The van der Waals surface area contributed by atoms with Gasteiger partial charge in [-0.05, 0) is 61.6 Å². The van der Waals surface area contributed by atoms with Crippen molar-refractivity contribution in [3.8, 4) is 5.75 Å². The Hall–Kier alpha value is -2.25. The minimum atomic E-state index is -4.69. The lowest BCUT2D eigenvalue weighted by Crippen LogP contribution is -2.62. The van der Waals surface area contributed by atoms with Crippen LogP contribution in [0.4, 0.5) is 22.0 Å². The fourth-order valence-electron chi connectivity index (χ4n) is 5.84. The van der Waals surface area contributed by atoms with Crippen LogP contribution in [0.25, 0.3) is 0 Å². The number of rotatable bonds is 2. The molecule has 1 saturated heterocycles. The van der Waals surface area contributed by atoms with Crippen LogP contribution in [0.3, 0.4) is 0 Å². The largest absolute Gasteiger partial charge is 0.490 e. The lowest BCUT2D eigenvalue weighted by atomic mass is 9.64. The molecule has 0 radical (unpaired) electrons. The number of hydrogen-bond acceptors (Lipinski definition) is 5. The summed E-state index contributed by atoms with van der Waals surface area (Å²) in [5.41, 5.74) is -1.55. The second-order valence-corrected chi connectivity index (χ2v) is 13.2. The molecular formula is C22H20F5NO5S2. The summed E-state index contributed by atoms with van der Waals surface area (Å²) in [5, 5.41) is 0. The molecule has 4 atom stereocenters.